The number of nitrogens with zero attached hydrogens (tertiary/aromatic N) is 4. The topological polar surface area (TPSA) is 130 Å². The molecule has 9 heteroatoms. The molecule has 140 valence electrons. The zero-order valence-electron chi connectivity index (χ0n) is 14.7. The number of rotatable bonds is 4. The van der Waals surface area contributed by atoms with E-state index in [2.05, 4.69) is 21.0 Å². The Kier molecular flexibility index (Phi) is 4.85. The lowest BCUT2D eigenvalue weighted by molar-refractivity contribution is -0.152. The van der Waals surface area contributed by atoms with Crippen LogP contribution in [0.5, 0.6) is 0 Å². The number of anilines is 2. The fourth-order valence-electron chi connectivity index (χ4n) is 3.52. The molecule has 0 spiro atoms. The van der Waals surface area contributed by atoms with Gasteiger partial charge in [-0.15, -0.1) is 11.3 Å². The van der Waals surface area contributed by atoms with Gasteiger partial charge in [-0.05, 0) is 25.0 Å². The molecule has 0 unspecified atom stereocenters. The molecule has 0 amide bonds. The summed E-state index contributed by atoms with van der Waals surface area (Å²) in [5.74, 6) is -0.109. The highest BCUT2D eigenvalue weighted by Crippen LogP contribution is 2.41. The second-order valence-corrected chi connectivity index (χ2v) is 7.66. The second kappa shape index (κ2) is 7.43. The lowest BCUT2D eigenvalue weighted by Gasteiger charge is -2.28. The summed E-state index contributed by atoms with van der Waals surface area (Å²) in [6.07, 6.45) is 3.82. The number of esters is 1. The summed E-state index contributed by atoms with van der Waals surface area (Å²) in [5.41, 5.74) is 12.1. The van der Waals surface area contributed by atoms with Gasteiger partial charge in [0.2, 0.25) is 11.9 Å². The van der Waals surface area contributed by atoms with Gasteiger partial charge in [-0.1, -0.05) is 25.0 Å². The second-order valence-electron chi connectivity index (χ2n) is 6.59. The van der Waals surface area contributed by atoms with E-state index in [-0.39, 0.29) is 42.1 Å². The molecular formula is C18H20N6O2S. The Bertz CT molecular complexity index is 922. The quantitative estimate of drug-likeness (QED) is 0.657. The first kappa shape index (κ1) is 17.6. The van der Waals surface area contributed by atoms with E-state index in [1.165, 1.54) is 0 Å². The molecule has 3 aromatic rings. The smallest absolute Gasteiger partial charge is 0.310 e. The number of hydrogen-bond acceptors (Lipinski definition) is 9. The van der Waals surface area contributed by atoms with E-state index in [0.717, 1.165) is 40.9 Å². The lowest BCUT2D eigenvalue weighted by atomic mass is 9.79. The third kappa shape index (κ3) is 3.82. The molecule has 1 fully saturated rings. The van der Waals surface area contributed by atoms with Crippen LogP contribution in [0.4, 0.5) is 11.9 Å². The number of thiazole rings is 1. The zero-order valence-corrected chi connectivity index (χ0v) is 15.5. The van der Waals surface area contributed by atoms with Crippen molar-refractivity contribution in [3.05, 3.63) is 35.1 Å². The molecule has 1 aromatic carbocycles. The summed E-state index contributed by atoms with van der Waals surface area (Å²) >= 11 is 1.66. The van der Waals surface area contributed by atoms with Crippen LogP contribution in [-0.4, -0.2) is 25.9 Å². The molecule has 2 atom stereocenters. The maximum Gasteiger partial charge on any atom is 0.310 e. The molecule has 1 saturated carbocycles. The van der Waals surface area contributed by atoms with Crippen molar-refractivity contribution in [1.82, 2.24) is 19.9 Å². The Labute approximate surface area is 160 Å². The van der Waals surface area contributed by atoms with E-state index in [0.29, 0.717) is 0 Å². The van der Waals surface area contributed by atoms with Gasteiger partial charge in [0.25, 0.3) is 0 Å². The number of nitrogen functional groups attached to an aromatic ring is 2. The van der Waals surface area contributed by atoms with E-state index in [4.69, 9.17) is 21.2 Å². The normalized spacial score (nSPS) is 19.9. The van der Waals surface area contributed by atoms with Crippen LogP contribution in [0.3, 0.4) is 0 Å². The average molecular weight is 384 g/mol. The van der Waals surface area contributed by atoms with E-state index < -0.39 is 0 Å². The van der Waals surface area contributed by atoms with Crippen molar-refractivity contribution in [2.45, 2.75) is 38.2 Å². The van der Waals surface area contributed by atoms with Gasteiger partial charge < -0.3 is 16.2 Å². The van der Waals surface area contributed by atoms with Gasteiger partial charge in [0.1, 0.15) is 0 Å². The average Bonchev–Trinajstić information content (AvgIpc) is 3.09. The van der Waals surface area contributed by atoms with Gasteiger partial charge in [-0.2, -0.15) is 15.0 Å². The van der Waals surface area contributed by atoms with Crippen LogP contribution in [0.1, 0.15) is 42.4 Å². The number of benzene rings is 1. The highest BCUT2D eigenvalue weighted by atomic mass is 32.1. The van der Waals surface area contributed by atoms with Crippen LogP contribution in [-0.2, 0) is 16.1 Å². The number of aromatic nitrogens is 4. The summed E-state index contributed by atoms with van der Waals surface area (Å²) < 4.78 is 6.62. The summed E-state index contributed by atoms with van der Waals surface area (Å²) in [7, 11) is 0. The first-order valence-electron chi connectivity index (χ1n) is 8.88. The van der Waals surface area contributed by atoms with Crippen LogP contribution >= 0.6 is 11.3 Å². The predicted octanol–water partition coefficient (Wildman–Crippen LogP) is 2.66. The van der Waals surface area contributed by atoms with Gasteiger partial charge in [0, 0.05) is 5.92 Å². The number of carbonyl (C=O) groups excluding carboxylic acids is 1. The third-order valence-electron chi connectivity index (χ3n) is 4.76. The molecule has 2 aromatic heterocycles. The van der Waals surface area contributed by atoms with Crippen molar-refractivity contribution in [3.63, 3.8) is 0 Å². The van der Waals surface area contributed by atoms with Gasteiger partial charge in [0.15, 0.2) is 12.4 Å². The maximum absolute atomic E-state index is 12.8. The van der Waals surface area contributed by atoms with Crippen molar-refractivity contribution < 1.29 is 9.53 Å². The molecule has 2 heterocycles. The fraction of sp³-hybridized carbons (Fsp3) is 0.389. The molecule has 4 rings (SSSR count). The zero-order chi connectivity index (χ0) is 18.8. The lowest BCUT2D eigenvalue weighted by Crippen LogP contribution is -2.27. The predicted molar refractivity (Wildman–Crippen MR) is 103 cm³/mol. The van der Waals surface area contributed by atoms with E-state index in [1.54, 1.807) is 11.3 Å². The largest absolute Gasteiger partial charge is 0.457 e. The van der Waals surface area contributed by atoms with Crippen LogP contribution in [0.25, 0.3) is 10.2 Å². The van der Waals surface area contributed by atoms with Crippen LogP contribution in [0.2, 0.25) is 0 Å². The summed E-state index contributed by atoms with van der Waals surface area (Å²) in [4.78, 5) is 29.1. The van der Waals surface area contributed by atoms with Crippen molar-refractivity contribution in [2.24, 2.45) is 5.92 Å². The SMILES string of the molecule is Nc1nc(N)nc(COC(=O)[C@@H]2CCCC[C@H]2c2nc3ccccc3s2)n1. The number of carbonyl (C=O) groups is 1. The molecule has 8 nitrogen and oxygen atoms in total. The Morgan fingerprint density at radius 2 is 1.81 bits per heavy atom. The van der Waals surface area contributed by atoms with Crippen LogP contribution < -0.4 is 11.5 Å². The van der Waals surface area contributed by atoms with Crippen molar-refractivity contribution in [1.29, 1.82) is 0 Å². The van der Waals surface area contributed by atoms with Crippen LogP contribution in [0.15, 0.2) is 24.3 Å². The summed E-state index contributed by atoms with van der Waals surface area (Å²) in [6, 6.07) is 8.04. The molecular weight excluding hydrogens is 364 g/mol. The molecule has 0 radical (unpaired) electrons. The molecule has 27 heavy (non-hydrogen) atoms. The Morgan fingerprint density at radius 3 is 2.59 bits per heavy atom. The highest BCUT2D eigenvalue weighted by Gasteiger charge is 2.35. The minimum atomic E-state index is -0.253. The van der Waals surface area contributed by atoms with Crippen LogP contribution in [0, 0.1) is 5.92 Å². The Balaban J connectivity index is 1.50. The number of fused-ring (bicyclic) bond motifs is 1. The third-order valence-corrected chi connectivity index (χ3v) is 5.92. The Morgan fingerprint density at radius 1 is 1.07 bits per heavy atom. The standard InChI is InChI=1S/C18H20N6O2S/c19-17-22-14(23-18(20)24-17)9-26-16(25)11-6-2-1-5-10(11)15-21-12-7-3-4-8-13(12)27-15/h3-4,7-8,10-11H,1-2,5-6,9H2,(H4,19,20,22,23,24)/t10-,11-/m1/s1. The van der Waals surface area contributed by atoms with Crippen molar-refractivity contribution >= 4 is 39.4 Å². The monoisotopic (exact) mass is 384 g/mol. The molecule has 4 N–H and O–H groups in total. The molecule has 0 saturated heterocycles. The highest BCUT2D eigenvalue weighted by molar-refractivity contribution is 7.18. The fourth-order valence-corrected chi connectivity index (χ4v) is 4.69. The maximum atomic E-state index is 12.8. The number of hydrogen-bond donors (Lipinski definition) is 2. The van der Waals surface area contributed by atoms with Gasteiger partial charge in [-0.25, -0.2) is 4.98 Å². The molecule has 1 aliphatic carbocycles. The summed E-state index contributed by atoms with van der Waals surface area (Å²) in [5, 5.41) is 1.01. The number of nitrogens with two attached hydrogens (primary N) is 2. The van der Waals surface area contributed by atoms with Gasteiger partial charge in [-0.3, -0.25) is 4.79 Å². The molecule has 1 aliphatic rings. The first-order chi connectivity index (χ1) is 13.1. The molecule has 0 aliphatic heterocycles. The van der Waals surface area contributed by atoms with E-state index >= 15 is 0 Å². The van der Waals surface area contributed by atoms with Gasteiger partial charge in [0.05, 0.1) is 21.1 Å². The minimum Gasteiger partial charge on any atom is -0.457 e. The molecule has 0 bridgehead atoms. The number of ether oxygens (including phenoxy) is 1. The summed E-state index contributed by atoms with van der Waals surface area (Å²) in [6.45, 7) is -0.0706. The van der Waals surface area contributed by atoms with E-state index in [1.807, 2.05) is 18.2 Å². The Hall–Kier alpha value is -2.81. The van der Waals surface area contributed by atoms with Gasteiger partial charge >= 0.3 is 5.97 Å². The minimum absolute atomic E-state index is 0.0126. The number of para-hydroxylation sites is 1. The first-order valence-corrected chi connectivity index (χ1v) is 9.70. The van der Waals surface area contributed by atoms with Crippen molar-refractivity contribution in [2.75, 3.05) is 11.5 Å². The van der Waals surface area contributed by atoms with Crippen molar-refractivity contribution in [3.8, 4) is 0 Å². The van der Waals surface area contributed by atoms with E-state index in [9.17, 15) is 4.79 Å².